The van der Waals surface area contributed by atoms with Crippen molar-refractivity contribution in [3.63, 3.8) is 0 Å². The van der Waals surface area contributed by atoms with E-state index in [9.17, 15) is 4.79 Å². The number of carbonyl (C=O) groups excluding carboxylic acids is 1. The van der Waals surface area contributed by atoms with Gasteiger partial charge < -0.3 is 0 Å². The van der Waals surface area contributed by atoms with Crippen molar-refractivity contribution in [3.8, 4) is 0 Å². The Morgan fingerprint density at radius 2 is 1.71 bits per heavy atom. The Bertz CT molecular complexity index is 465. The first-order chi connectivity index (χ1) is 11.8. The molecule has 0 saturated carbocycles. The van der Waals surface area contributed by atoms with Gasteiger partial charge in [-0.05, 0) is 0 Å². The predicted octanol–water partition coefficient (Wildman–Crippen LogP) is 4.46. The Hall–Kier alpha value is -0.631. The van der Waals surface area contributed by atoms with Crippen molar-refractivity contribution in [3.05, 3.63) is 29.8 Å². The first-order valence-electron chi connectivity index (χ1n) is 9.78. The molecule has 1 fully saturated rings. The third-order valence-corrected chi connectivity index (χ3v) is 7.10. The molecule has 0 amide bonds. The maximum absolute atomic E-state index is 12.3. The molecule has 0 bridgehead atoms. The molecule has 1 aliphatic heterocycles. The van der Waals surface area contributed by atoms with Crippen LogP contribution in [0.15, 0.2) is 24.3 Å². The second-order valence-electron chi connectivity index (χ2n) is 6.86. The van der Waals surface area contributed by atoms with E-state index >= 15 is 0 Å². The van der Waals surface area contributed by atoms with Crippen molar-refractivity contribution in [1.82, 2.24) is 4.90 Å². The van der Waals surface area contributed by atoms with Gasteiger partial charge in [0, 0.05) is 0 Å². The van der Waals surface area contributed by atoms with Gasteiger partial charge >= 0.3 is 154 Å². The summed E-state index contributed by atoms with van der Waals surface area (Å²) < 4.78 is 1.44. The fourth-order valence-corrected chi connectivity index (χ4v) is 5.13. The fourth-order valence-electron chi connectivity index (χ4n) is 3.22. The van der Waals surface area contributed by atoms with Crippen LogP contribution in [0.5, 0.6) is 0 Å². The van der Waals surface area contributed by atoms with Crippen LogP contribution in [-0.4, -0.2) is 45.3 Å². The number of nitrogens with zero attached hydrogens (tertiary/aromatic N) is 1. The van der Waals surface area contributed by atoms with Gasteiger partial charge in [0.1, 0.15) is 0 Å². The van der Waals surface area contributed by atoms with Crippen molar-refractivity contribution >= 4 is 25.2 Å². The Morgan fingerprint density at radius 3 is 2.42 bits per heavy atom. The van der Waals surface area contributed by atoms with E-state index in [1.165, 1.54) is 74.2 Å². The number of Topliss-reactive ketones (excluding diaryl/α,β-unsaturated/α-hetero) is 1. The van der Waals surface area contributed by atoms with Crippen LogP contribution in [0.4, 0.5) is 0 Å². The van der Waals surface area contributed by atoms with Gasteiger partial charge in [-0.3, -0.25) is 0 Å². The Labute approximate surface area is 154 Å². The topological polar surface area (TPSA) is 20.3 Å². The average molecular weight is 394 g/mol. The minimum atomic E-state index is 0.305. The molecule has 1 aromatic rings. The number of piperidine rings is 1. The number of carbonyl (C=O) groups is 1. The zero-order valence-corrected chi connectivity index (χ0v) is 17.0. The van der Waals surface area contributed by atoms with Crippen LogP contribution in [0.3, 0.4) is 0 Å². The van der Waals surface area contributed by atoms with Gasteiger partial charge in [-0.1, -0.05) is 0 Å². The van der Waals surface area contributed by atoms with Gasteiger partial charge in [-0.25, -0.2) is 0 Å². The Kier molecular flexibility index (Phi) is 9.72. The molecule has 1 aliphatic rings. The molecule has 0 aliphatic carbocycles. The molecule has 0 spiro atoms. The van der Waals surface area contributed by atoms with Crippen molar-refractivity contribution in [1.29, 1.82) is 0 Å². The van der Waals surface area contributed by atoms with E-state index in [1.807, 2.05) is 12.1 Å². The van der Waals surface area contributed by atoms with Crippen LogP contribution in [0.2, 0.25) is 5.32 Å². The van der Waals surface area contributed by atoms with Crippen LogP contribution in [0.1, 0.15) is 75.1 Å². The van der Waals surface area contributed by atoms with E-state index in [4.69, 9.17) is 0 Å². The fraction of sp³-hybridized carbons (Fsp3) is 0.667. The molecule has 0 radical (unpaired) electrons. The van der Waals surface area contributed by atoms with Gasteiger partial charge in [-0.15, -0.1) is 0 Å². The quantitative estimate of drug-likeness (QED) is 0.314. The molecule has 1 aromatic carbocycles. The van der Waals surface area contributed by atoms with Gasteiger partial charge in [0.15, 0.2) is 0 Å². The van der Waals surface area contributed by atoms with E-state index in [1.54, 1.807) is 0 Å². The molecule has 1 saturated heterocycles. The molecule has 0 aromatic heterocycles. The number of hydrogen-bond donors (Lipinski definition) is 0. The Balaban J connectivity index is 1.65. The molecule has 2 rings (SSSR count). The first-order valence-corrected chi connectivity index (χ1v) is 11.8. The summed E-state index contributed by atoms with van der Waals surface area (Å²) in [5, 5.41) is 1.33. The molecule has 2 nitrogen and oxygen atoms in total. The maximum atomic E-state index is 12.3. The Morgan fingerprint density at radius 1 is 1.00 bits per heavy atom. The number of unbranched alkanes of at least 4 members (excludes halogenated alkanes) is 4. The summed E-state index contributed by atoms with van der Waals surface area (Å²) in [6.07, 6.45) is 11.4. The number of rotatable bonds is 11. The molecule has 0 N–H and O–H groups in total. The summed E-state index contributed by atoms with van der Waals surface area (Å²) >= 11 is 0.571. The predicted molar refractivity (Wildman–Crippen MR) is 105 cm³/mol. The summed E-state index contributed by atoms with van der Waals surface area (Å²) in [6, 6.07) is 8.46. The molecule has 134 valence electrons. The zero-order valence-electron chi connectivity index (χ0n) is 15.3. The molecule has 0 atom stereocenters. The standard InChI is InChI=1S/C21H33NOSe/c1-2-3-4-5-9-18-24-20-12-10-19(11-13-20)21(23)14-17-22-15-7-6-8-16-22/h10-13H,2-9,14-18H2,1H3. The van der Waals surface area contributed by atoms with Crippen molar-refractivity contribution in [2.24, 2.45) is 0 Å². The third-order valence-electron chi connectivity index (χ3n) is 4.80. The number of ketones is 1. The summed E-state index contributed by atoms with van der Waals surface area (Å²) in [7, 11) is 0. The monoisotopic (exact) mass is 395 g/mol. The second kappa shape index (κ2) is 11.8. The number of benzene rings is 1. The van der Waals surface area contributed by atoms with E-state index in [0.717, 1.165) is 12.1 Å². The number of likely N-dealkylation sites (tertiary alicyclic amines) is 1. The molecule has 3 heteroatoms. The van der Waals surface area contributed by atoms with Gasteiger partial charge in [0.2, 0.25) is 0 Å². The second-order valence-corrected chi connectivity index (χ2v) is 9.31. The van der Waals surface area contributed by atoms with Crippen LogP contribution < -0.4 is 4.46 Å². The third kappa shape index (κ3) is 7.51. The summed E-state index contributed by atoms with van der Waals surface area (Å²) in [5.41, 5.74) is 0.898. The summed E-state index contributed by atoms with van der Waals surface area (Å²) in [5.74, 6) is 0.305. The molecule has 1 heterocycles. The normalized spacial score (nSPS) is 15.5. The van der Waals surface area contributed by atoms with Crippen molar-refractivity contribution in [2.75, 3.05) is 19.6 Å². The number of hydrogen-bond acceptors (Lipinski definition) is 2. The van der Waals surface area contributed by atoms with E-state index < -0.39 is 0 Å². The van der Waals surface area contributed by atoms with Crippen molar-refractivity contribution in [2.45, 2.75) is 70.0 Å². The van der Waals surface area contributed by atoms with E-state index in [0.29, 0.717) is 27.2 Å². The molecular formula is C21H33NOSe. The van der Waals surface area contributed by atoms with Gasteiger partial charge in [-0.2, -0.15) is 0 Å². The first kappa shape index (κ1) is 19.7. The van der Waals surface area contributed by atoms with E-state index in [-0.39, 0.29) is 0 Å². The van der Waals surface area contributed by atoms with Crippen LogP contribution in [0.25, 0.3) is 0 Å². The van der Waals surface area contributed by atoms with E-state index in [2.05, 4.69) is 24.0 Å². The zero-order chi connectivity index (χ0) is 17.0. The molecule has 0 unspecified atom stereocenters. The minimum absolute atomic E-state index is 0.305. The van der Waals surface area contributed by atoms with Crippen LogP contribution >= 0.6 is 0 Å². The average Bonchev–Trinajstić information content (AvgIpc) is 2.64. The summed E-state index contributed by atoms with van der Waals surface area (Å²) in [6.45, 7) is 5.54. The van der Waals surface area contributed by atoms with Crippen LogP contribution in [-0.2, 0) is 0 Å². The van der Waals surface area contributed by atoms with Gasteiger partial charge in [0.05, 0.1) is 0 Å². The summed E-state index contributed by atoms with van der Waals surface area (Å²) in [4.78, 5) is 14.8. The SMILES string of the molecule is CCCCCCC[Se]c1ccc(C(=O)CCN2CCCCC2)cc1. The van der Waals surface area contributed by atoms with Gasteiger partial charge in [0.25, 0.3) is 0 Å². The molecular weight excluding hydrogens is 361 g/mol. The van der Waals surface area contributed by atoms with Crippen LogP contribution in [0, 0.1) is 0 Å². The van der Waals surface area contributed by atoms with Crippen molar-refractivity contribution < 1.29 is 4.79 Å². The molecule has 24 heavy (non-hydrogen) atoms.